The molecule has 0 aliphatic rings. The van der Waals surface area contributed by atoms with Crippen LogP contribution < -0.4 is 4.73 Å². The van der Waals surface area contributed by atoms with Crippen LogP contribution in [-0.4, -0.2) is 17.6 Å². The molecule has 2 aromatic heterocycles. The number of aromatic nitrogens is 2. The van der Waals surface area contributed by atoms with Gasteiger partial charge >= 0.3 is 5.97 Å². The summed E-state index contributed by atoms with van der Waals surface area (Å²) in [6, 6.07) is 5.06. The number of pyridine rings is 1. The normalized spacial score (nSPS) is 10.3. The van der Waals surface area contributed by atoms with Crippen LogP contribution in [0.1, 0.15) is 22.3 Å². The van der Waals surface area contributed by atoms with E-state index in [0.717, 1.165) is 4.73 Å². The van der Waals surface area contributed by atoms with Crippen molar-refractivity contribution in [1.29, 1.82) is 0 Å². The summed E-state index contributed by atoms with van der Waals surface area (Å²) in [5.74, 6) is -0.396. The van der Waals surface area contributed by atoms with Crippen LogP contribution >= 0.6 is 11.3 Å². The third kappa shape index (κ3) is 2.33. The van der Waals surface area contributed by atoms with Crippen molar-refractivity contribution >= 4 is 17.3 Å². The third-order valence-corrected chi connectivity index (χ3v) is 3.46. The van der Waals surface area contributed by atoms with Gasteiger partial charge < -0.3 is 9.94 Å². The molecular formula is C12H12N2O3S. The third-order valence-electron chi connectivity index (χ3n) is 2.30. The van der Waals surface area contributed by atoms with Crippen LogP contribution in [0.25, 0.3) is 10.7 Å². The van der Waals surface area contributed by atoms with Crippen LogP contribution in [-0.2, 0) is 4.74 Å². The Morgan fingerprint density at radius 3 is 3.00 bits per heavy atom. The van der Waals surface area contributed by atoms with Gasteiger partial charge in [0.25, 0.3) is 5.69 Å². The molecule has 94 valence electrons. The van der Waals surface area contributed by atoms with Gasteiger partial charge in [-0.25, -0.2) is 9.78 Å². The predicted octanol–water partition coefficient (Wildman–Crippen LogP) is 1.93. The number of carbonyl (C=O) groups excluding carboxylic acids is 1. The van der Waals surface area contributed by atoms with Crippen molar-refractivity contribution in [2.75, 3.05) is 6.61 Å². The highest BCUT2D eigenvalue weighted by Gasteiger charge is 2.20. The summed E-state index contributed by atoms with van der Waals surface area (Å²) in [4.78, 5) is 16.3. The average molecular weight is 264 g/mol. The molecule has 5 nitrogen and oxygen atoms in total. The monoisotopic (exact) mass is 264 g/mol. The fraction of sp³-hybridized carbons (Fsp3) is 0.250. The quantitative estimate of drug-likeness (QED) is 0.482. The number of hydrogen-bond donors (Lipinski definition) is 0. The molecule has 2 rings (SSSR count). The maximum absolute atomic E-state index is 11.7. The zero-order valence-electron chi connectivity index (χ0n) is 10.0. The molecule has 0 radical (unpaired) electrons. The van der Waals surface area contributed by atoms with E-state index in [1.807, 2.05) is 0 Å². The lowest BCUT2D eigenvalue weighted by Gasteiger charge is -1.99. The van der Waals surface area contributed by atoms with E-state index < -0.39 is 5.97 Å². The number of carbonyl (C=O) groups is 1. The summed E-state index contributed by atoms with van der Waals surface area (Å²) in [6.07, 6.45) is 1.40. The Morgan fingerprint density at radius 2 is 2.33 bits per heavy atom. The average Bonchev–Trinajstić information content (AvgIpc) is 2.72. The topological polar surface area (TPSA) is 66.1 Å². The zero-order chi connectivity index (χ0) is 13.1. The lowest BCUT2D eigenvalue weighted by molar-refractivity contribution is -0.593. The number of ether oxygens (including phenoxy) is 1. The summed E-state index contributed by atoms with van der Waals surface area (Å²) in [6.45, 7) is 3.79. The first-order valence-electron chi connectivity index (χ1n) is 5.46. The first kappa shape index (κ1) is 12.5. The first-order chi connectivity index (χ1) is 8.63. The van der Waals surface area contributed by atoms with Gasteiger partial charge in [-0.15, -0.1) is 11.3 Å². The molecule has 0 aliphatic heterocycles. The van der Waals surface area contributed by atoms with Crippen molar-refractivity contribution in [2.45, 2.75) is 13.8 Å². The second kappa shape index (κ2) is 5.14. The molecule has 6 heteroatoms. The van der Waals surface area contributed by atoms with Crippen LogP contribution in [0.15, 0.2) is 24.4 Å². The molecule has 0 bridgehead atoms. The number of esters is 1. The van der Waals surface area contributed by atoms with Crippen LogP contribution in [0.4, 0.5) is 0 Å². The summed E-state index contributed by atoms with van der Waals surface area (Å²) in [5, 5.41) is 12.1. The van der Waals surface area contributed by atoms with Gasteiger partial charge in [-0.1, -0.05) is 0 Å². The largest absolute Gasteiger partial charge is 0.618 e. The van der Waals surface area contributed by atoms with E-state index in [9.17, 15) is 10.0 Å². The smallest absolute Gasteiger partial charge is 0.350 e. The Labute approximate surface area is 108 Å². The first-order valence-corrected chi connectivity index (χ1v) is 6.28. The minimum absolute atomic E-state index is 0.318. The van der Waals surface area contributed by atoms with Gasteiger partial charge in [0.05, 0.1) is 12.3 Å². The molecule has 2 heterocycles. The van der Waals surface area contributed by atoms with Crippen molar-refractivity contribution in [3.63, 3.8) is 0 Å². The van der Waals surface area contributed by atoms with Crippen LogP contribution in [0.3, 0.4) is 0 Å². The predicted molar refractivity (Wildman–Crippen MR) is 67.2 cm³/mol. The maximum Gasteiger partial charge on any atom is 0.350 e. The van der Waals surface area contributed by atoms with Gasteiger partial charge in [-0.2, -0.15) is 4.73 Å². The minimum Gasteiger partial charge on any atom is -0.618 e. The lowest BCUT2D eigenvalue weighted by atomic mass is 10.3. The molecular weight excluding hydrogens is 252 g/mol. The van der Waals surface area contributed by atoms with Crippen molar-refractivity contribution in [3.05, 3.63) is 40.2 Å². The van der Waals surface area contributed by atoms with E-state index in [2.05, 4.69) is 4.98 Å². The molecule has 0 saturated carbocycles. The highest BCUT2D eigenvalue weighted by Crippen LogP contribution is 2.26. The molecule has 0 fully saturated rings. The van der Waals surface area contributed by atoms with Gasteiger partial charge in [0.1, 0.15) is 4.88 Å². The Balaban J connectivity index is 2.41. The number of rotatable bonds is 3. The molecule has 0 atom stereocenters. The molecule has 0 aromatic carbocycles. The summed E-state index contributed by atoms with van der Waals surface area (Å²) >= 11 is 1.17. The highest BCUT2D eigenvalue weighted by atomic mass is 32.1. The zero-order valence-corrected chi connectivity index (χ0v) is 10.9. The van der Waals surface area contributed by atoms with E-state index in [1.54, 1.807) is 32.0 Å². The van der Waals surface area contributed by atoms with Gasteiger partial charge in [-0.3, -0.25) is 0 Å². The Hall–Kier alpha value is -1.95. The van der Waals surface area contributed by atoms with Crippen molar-refractivity contribution in [3.8, 4) is 10.7 Å². The van der Waals surface area contributed by atoms with Crippen LogP contribution in [0.2, 0.25) is 0 Å². The molecule has 0 amide bonds. The van der Waals surface area contributed by atoms with Crippen LogP contribution in [0, 0.1) is 12.1 Å². The number of aryl methyl sites for hydroxylation is 1. The Kier molecular flexibility index (Phi) is 3.57. The summed E-state index contributed by atoms with van der Waals surface area (Å²) in [7, 11) is 0. The fourth-order valence-corrected chi connectivity index (χ4v) is 2.46. The number of nitrogens with zero attached hydrogens (tertiary/aromatic N) is 2. The Bertz CT molecular complexity index is 580. The highest BCUT2D eigenvalue weighted by molar-refractivity contribution is 7.16. The molecule has 0 unspecified atom stereocenters. The van der Waals surface area contributed by atoms with Gasteiger partial charge in [0.15, 0.2) is 11.2 Å². The number of thiazole rings is 1. The maximum atomic E-state index is 11.7. The van der Waals surface area contributed by atoms with E-state index in [-0.39, 0.29) is 0 Å². The number of hydrogen-bond acceptors (Lipinski definition) is 5. The lowest BCUT2D eigenvalue weighted by Crippen LogP contribution is -2.27. The molecule has 0 aliphatic carbocycles. The van der Waals surface area contributed by atoms with Gasteiger partial charge in [0, 0.05) is 12.1 Å². The molecule has 2 aromatic rings. The molecule has 0 N–H and O–H groups in total. The summed E-state index contributed by atoms with van der Waals surface area (Å²) < 4.78 is 5.66. The second-order valence-corrected chi connectivity index (χ2v) is 4.56. The van der Waals surface area contributed by atoms with Gasteiger partial charge in [0.2, 0.25) is 0 Å². The van der Waals surface area contributed by atoms with Crippen LogP contribution in [0.5, 0.6) is 0 Å². The SMILES string of the molecule is CCOC(=O)c1sc(-c2cccc[n+]2[O-])nc1C. The fourth-order valence-electron chi connectivity index (χ4n) is 1.49. The van der Waals surface area contributed by atoms with Crippen molar-refractivity contribution < 1.29 is 14.3 Å². The van der Waals surface area contributed by atoms with Crippen molar-refractivity contribution in [1.82, 2.24) is 4.98 Å². The van der Waals surface area contributed by atoms with E-state index in [1.165, 1.54) is 17.5 Å². The van der Waals surface area contributed by atoms with E-state index in [4.69, 9.17) is 4.74 Å². The molecule has 18 heavy (non-hydrogen) atoms. The Morgan fingerprint density at radius 1 is 1.56 bits per heavy atom. The van der Waals surface area contributed by atoms with Gasteiger partial charge in [-0.05, 0) is 19.9 Å². The van der Waals surface area contributed by atoms with Crippen molar-refractivity contribution in [2.24, 2.45) is 0 Å². The summed E-state index contributed by atoms with van der Waals surface area (Å²) in [5.41, 5.74) is 1.01. The molecule has 0 spiro atoms. The van der Waals surface area contributed by atoms with E-state index in [0.29, 0.717) is 27.9 Å². The second-order valence-electron chi connectivity index (χ2n) is 3.57. The standard InChI is InChI=1S/C12H12N2O3S/c1-3-17-12(15)10-8(2)13-11(18-10)9-6-4-5-7-14(9)16/h4-7H,3H2,1-2H3. The van der Waals surface area contributed by atoms with E-state index >= 15 is 0 Å². The molecule has 0 saturated heterocycles. The minimum atomic E-state index is -0.396.